The minimum atomic E-state index is -1.84. The van der Waals surface area contributed by atoms with Gasteiger partial charge in [-0.15, -0.1) is 0 Å². The van der Waals surface area contributed by atoms with E-state index in [9.17, 15) is 14.7 Å². The van der Waals surface area contributed by atoms with Gasteiger partial charge in [-0.1, -0.05) is 84.9 Å². The Morgan fingerprint density at radius 1 is 0.900 bits per heavy atom. The van der Waals surface area contributed by atoms with Crippen molar-refractivity contribution < 1.29 is 14.7 Å². The summed E-state index contributed by atoms with van der Waals surface area (Å²) in [6, 6.07) is 26.5. The van der Waals surface area contributed by atoms with Gasteiger partial charge in [-0.2, -0.15) is 0 Å². The van der Waals surface area contributed by atoms with Gasteiger partial charge < -0.3 is 10.0 Å². The largest absolute Gasteiger partial charge is 0.375 e. The van der Waals surface area contributed by atoms with Crippen LogP contribution in [0.1, 0.15) is 23.1 Å². The Morgan fingerprint density at radius 2 is 1.53 bits per heavy atom. The van der Waals surface area contributed by atoms with Crippen LogP contribution in [-0.4, -0.2) is 23.3 Å². The molecule has 1 heterocycles. The Bertz CT molecular complexity index is 1080. The summed E-state index contributed by atoms with van der Waals surface area (Å²) in [5, 5.41) is 11.3. The summed E-state index contributed by atoms with van der Waals surface area (Å²) in [6.07, 6.45) is 3.51. The molecule has 1 aliphatic rings. The predicted octanol–water partition coefficient (Wildman–Crippen LogP) is 4.14. The SMILES string of the molecule is O=C(/C=C\c1ccccc1)CC1(O)C(=O)N(CCc2ccccc2)c2ccccc21. The van der Waals surface area contributed by atoms with Crippen LogP contribution in [0.3, 0.4) is 0 Å². The second-order valence-electron chi connectivity index (χ2n) is 7.46. The molecule has 30 heavy (non-hydrogen) atoms. The number of ketones is 1. The molecule has 4 nitrogen and oxygen atoms in total. The molecule has 0 fully saturated rings. The van der Waals surface area contributed by atoms with E-state index in [1.54, 1.807) is 23.1 Å². The molecule has 1 N–H and O–H groups in total. The monoisotopic (exact) mass is 397 g/mol. The molecule has 1 atom stereocenters. The second kappa shape index (κ2) is 8.47. The first kappa shape index (κ1) is 19.8. The molecule has 1 aliphatic heterocycles. The second-order valence-corrected chi connectivity index (χ2v) is 7.46. The number of anilines is 1. The fraction of sp³-hybridized carbons (Fsp3) is 0.154. The van der Waals surface area contributed by atoms with Crippen molar-refractivity contribution in [3.63, 3.8) is 0 Å². The highest BCUT2D eigenvalue weighted by atomic mass is 16.3. The molecular formula is C26H23NO3. The number of hydrogen-bond donors (Lipinski definition) is 1. The van der Waals surface area contributed by atoms with Crippen LogP contribution in [-0.2, 0) is 21.6 Å². The Kier molecular flexibility index (Phi) is 5.59. The summed E-state index contributed by atoms with van der Waals surface area (Å²) in [7, 11) is 0. The average Bonchev–Trinajstić information content (AvgIpc) is 2.99. The van der Waals surface area contributed by atoms with Crippen LogP contribution < -0.4 is 4.90 Å². The van der Waals surface area contributed by atoms with E-state index < -0.39 is 11.5 Å². The fourth-order valence-electron chi connectivity index (χ4n) is 3.85. The van der Waals surface area contributed by atoms with E-state index in [1.165, 1.54) is 6.08 Å². The summed E-state index contributed by atoms with van der Waals surface area (Å²) in [4.78, 5) is 27.4. The third-order valence-electron chi connectivity index (χ3n) is 5.40. The molecule has 4 heteroatoms. The first-order chi connectivity index (χ1) is 14.6. The third kappa shape index (κ3) is 3.95. The first-order valence-corrected chi connectivity index (χ1v) is 10.0. The molecule has 150 valence electrons. The standard InChI is InChI=1S/C26H23NO3/c28-22(16-15-20-9-3-1-4-10-20)19-26(30)23-13-7-8-14-24(23)27(25(26)29)18-17-21-11-5-2-6-12-21/h1-16,30H,17-19H2/b16-15-. The van der Waals surface area contributed by atoms with Gasteiger partial charge in [0.2, 0.25) is 0 Å². The fourth-order valence-corrected chi connectivity index (χ4v) is 3.85. The number of rotatable bonds is 7. The Balaban J connectivity index is 1.54. The van der Waals surface area contributed by atoms with Crippen LogP contribution in [0, 0.1) is 0 Å². The van der Waals surface area contributed by atoms with Crippen molar-refractivity contribution in [3.05, 3.63) is 108 Å². The summed E-state index contributed by atoms with van der Waals surface area (Å²) in [5.41, 5.74) is 1.32. The zero-order valence-electron chi connectivity index (χ0n) is 16.6. The van der Waals surface area contributed by atoms with Crippen LogP contribution in [0.15, 0.2) is 91.0 Å². The maximum atomic E-state index is 13.2. The van der Waals surface area contributed by atoms with Gasteiger partial charge in [-0.05, 0) is 29.7 Å². The molecule has 0 bridgehead atoms. The van der Waals surface area contributed by atoms with E-state index in [0.29, 0.717) is 24.2 Å². The van der Waals surface area contributed by atoms with Gasteiger partial charge in [0.15, 0.2) is 11.4 Å². The highest BCUT2D eigenvalue weighted by Crippen LogP contribution is 2.42. The van der Waals surface area contributed by atoms with Crippen LogP contribution in [0.4, 0.5) is 5.69 Å². The van der Waals surface area contributed by atoms with Gasteiger partial charge in [0.1, 0.15) is 0 Å². The number of allylic oxidation sites excluding steroid dienone is 1. The van der Waals surface area contributed by atoms with Gasteiger partial charge >= 0.3 is 0 Å². The predicted molar refractivity (Wildman–Crippen MR) is 118 cm³/mol. The number of carbonyl (C=O) groups is 2. The van der Waals surface area contributed by atoms with Crippen LogP contribution in [0.5, 0.6) is 0 Å². The number of para-hydroxylation sites is 1. The number of benzene rings is 3. The quantitative estimate of drug-likeness (QED) is 0.610. The number of fused-ring (bicyclic) bond motifs is 1. The van der Waals surface area contributed by atoms with Crippen molar-refractivity contribution in [2.45, 2.75) is 18.4 Å². The lowest BCUT2D eigenvalue weighted by Crippen LogP contribution is -2.42. The van der Waals surface area contributed by atoms with E-state index in [4.69, 9.17) is 0 Å². The van der Waals surface area contributed by atoms with E-state index in [0.717, 1.165) is 11.1 Å². The van der Waals surface area contributed by atoms with Crippen LogP contribution >= 0.6 is 0 Å². The number of nitrogens with zero attached hydrogens (tertiary/aromatic N) is 1. The Morgan fingerprint density at radius 3 is 2.27 bits per heavy atom. The molecular weight excluding hydrogens is 374 g/mol. The number of carbonyl (C=O) groups excluding carboxylic acids is 2. The van der Waals surface area contributed by atoms with Crippen LogP contribution in [0.2, 0.25) is 0 Å². The van der Waals surface area contributed by atoms with E-state index >= 15 is 0 Å². The minimum Gasteiger partial charge on any atom is -0.375 e. The normalized spacial score (nSPS) is 18.0. The summed E-state index contributed by atoms with van der Waals surface area (Å²) >= 11 is 0. The Labute approximate surface area is 176 Å². The number of hydrogen-bond acceptors (Lipinski definition) is 3. The molecule has 0 spiro atoms. The van der Waals surface area contributed by atoms with Crippen molar-refractivity contribution in [3.8, 4) is 0 Å². The number of aliphatic hydroxyl groups is 1. The lowest BCUT2D eigenvalue weighted by Gasteiger charge is -2.22. The zero-order chi connectivity index (χ0) is 21.0. The van der Waals surface area contributed by atoms with E-state index in [-0.39, 0.29) is 12.2 Å². The molecule has 1 unspecified atom stereocenters. The lowest BCUT2D eigenvalue weighted by atomic mass is 9.89. The highest BCUT2D eigenvalue weighted by molar-refractivity contribution is 6.10. The average molecular weight is 397 g/mol. The van der Waals surface area contributed by atoms with Crippen molar-refractivity contribution in [1.29, 1.82) is 0 Å². The highest BCUT2D eigenvalue weighted by Gasteiger charge is 2.50. The molecule has 4 rings (SSSR count). The molecule has 0 saturated carbocycles. The van der Waals surface area contributed by atoms with Gasteiger partial charge in [0, 0.05) is 12.1 Å². The summed E-state index contributed by atoms with van der Waals surface area (Å²) in [6.45, 7) is 0.441. The maximum absolute atomic E-state index is 13.2. The zero-order valence-corrected chi connectivity index (χ0v) is 16.6. The van der Waals surface area contributed by atoms with Crippen molar-refractivity contribution in [2.75, 3.05) is 11.4 Å². The first-order valence-electron chi connectivity index (χ1n) is 10.0. The van der Waals surface area contributed by atoms with E-state index in [2.05, 4.69) is 0 Å². The molecule has 0 saturated heterocycles. The van der Waals surface area contributed by atoms with Gasteiger partial charge in [0.25, 0.3) is 5.91 Å². The molecule has 3 aromatic rings. The summed E-state index contributed by atoms with van der Waals surface area (Å²) in [5.74, 6) is -0.740. The van der Waals surface area contributed by atoms with E-state index in [1.807, 2.05) is 72.8 Å². The number of amides is 1. The van der Waals surface area contributed by atoms with Gasteiger partial charge in [0.05, 0.1) is 12.1 Å². The van der Waals surface area contributed by atoms with Gasteiger partial charge in [-0.25, -0.2) is 0 Å². The third-order valence-corrected chi connectivity index (χ3v) is 5.40. The molecule has 0 radical (unpaired) electrons. The topological polar surface area (TPSA) is 57.6 Å². The molecule has 1 amide bonds. The van der Waals surface area contributed by atoms with Crippen molar-refractivity contribution >= 4 is 23.5 Å². The molecule has 3 aromatic carbocycles. The summed E-state index contributed by atoms with van der Waals surface area (Å²) < 4.78 is 0. The maximum Gasteiger partial charge on any atom is 0.264 e. The molecule has 0 aliphatic carbocycles. The van der Waals surface area contributed by atoms with Crippen LogP contribution in [0.25, 0.3) is 6.08 Å². The molecule has 0 aromatic heterocycles. The smallest absolute Gasteiger partial charge is 0.264 e. The Hall–Kier alpha value is -3.50. The van der Waals surface area contributed by atoms with Crippen molar-refractivity contribution in [1.82, 2.24) is 0 Å². The minimum absolute atomic E-state index is 0.284. The van der Waals surface area contributed by atoms with Crippen molar-refractivity contribution in [2.24, 2.45) is 0 Å². The lowest BCUT2D eigenvalue weighted by molar-refractivity contribution is -0.140. The van der Waals surface area contributed by atoms with Gasteiger partial charge in [-0.3, -0.25) is 9.59 Å².